The molecule has 0 bridgehead atoms. The van der Waals surface area contributed by atoms with Crippen LogP contribution in [0.15, 0.2) is 42.5 Å². The molecule has 1 aromatic rings. The number of benzene rings is 1. The van der Waals surface area contributed by atoms with Gasteiger partial charge in [0.2, 0.25) is 0 Å². The lowest BCUT2D eigenvalue weighted by Gasteiger charge is -2.28. The SMILES string of the molecule is C=C(C)C[C@H](NC(=O)OC(C)(C)C)C(=O)C(C)(C)C(=O)OCc1ccccc1. The molecule has 0 aliphatic rings. The third kappa shape index (κ3) is 7.55. The molecule has 0 unspecified atom stereocenters. The van der Waals surface area contributed by atoms with Crippen molar-refractivity contribution in [2.75, 3.05) is 0 Å². The summed E-state index contributed by atoms with van der Waals surface area (Å²) in [4.78, 5) is 37.7. The number of amides is 1. The molecule has 0 aliphatic heterocycles. The molecule has 6 nitrogen and oxygen atoms in total. The molecule has 1 amide bonds. The summed E-state index contributed by atoms with van der Waals surface area (Å²) in [6.07, 6.45) is -0.520. The third-order valence-corrected chi connectivity index (χ3v) is 3.90. The largest absolute Gasteiger partial charge is 0.460 e. The Morgan fingerprint density at radius 1 is 1.07 bits per heavy atom. The van der Waals surface area contributed by atoms with Crippen LogP contribution in [0.3, 0.4) is 0 Å². The summed E-state index contributed by atoms with van der Waals surface area (Å²) in [5, 5.41) is 2.56. The number of Topliss-reactive ketones (excluding diaryl/α,β-unsaturated/α-hetero) is 1. The van der Waals surface area contributed by atoms with E-state index < -0.39 is 34.9 Å². The number of hydrogen-bond donors (Lipinski definition) is 1. The van der Waals surface area contributed by atoms with Crippen molar-refractivity contribution in [3.05, 3.63) is 48.0 Å². The van der Waals surface area contributed by atoms with E-state index >= 15 is 0 Å². The van der Waals surface area contributed by atoms with Gasteiger partial charge in [0.25, 0.3) is 0 Å². The lowest BCUT2D eigenvalue weighted by atomic mass is 9.82. The van der Waals surface area contributed by atoms with Crippen molar-refractivity contribution < 1.29 is 23.9 Å². The van der Waals surface area contributed by atoms with E-state index in [-0.39, 0.29) is 13.0 Å². The monoisotopic (exact) mass is 389 g/mol. The van der Waals surface area contributed by atoms with Gasteiger partial charge in [0.05, 0.1) is 6.04 Å². The second-order valence-electron chi connectivity index (χ2n) is 8.41. The number of rotatable bonds is 8. The lowest BCUT2D eigenvalue weighted by Crippen LogP contribution is -2.50. The lowest BCUT2D eigenvalue weighted by molar-refractivity contribution is -0.160. The number of hydrogen-bond acceptors (Lipinski definition) is 5. The number of esters is 1. The maximum atomic E-state index is 13.0. The molecule has 0 saturated carbocycles. The van der Waals surface area contributed by atoms with E-state index in [1.807, 2.05) is 30.3 Å². The standard InChI is InChI=1S/C22H31NO5/c1-15(2)13-17(23-20(26)28-21(3,4)5)18(24)22(6,7)19(25)27-14-16-11-9-8-10-12-16/h8-12,17H,1,13-14H2,2-7H3,(H,23,26)/t17-/m0/s1. The van der Waals surface area contributed by atoms with E-state index in [0.717, 1.165) is 5.56 Å². The van der Waals surface area contributed by atoms with Gasteiger partial charge < -0.3 is 14.8 Å². The minimum absolute atomic E-state index is 0.0705. The molecule has 0 spiro atoms. The average molecular weight is 389 g/mol. The molecule has 28 heavy (non-hydrogen) atoms. The normalized spacial score (nSPS) is 12.6. The van der Waals surface area contributed by atoms with E-state index in [2.05, 4.69) is 11.9 Å². The van der Waals surface area contributed by atoms with Crippen LogP contribution >= 0.6 is 0 Å². The first kappa shape index (κ1) is 23.4. The summed E-state index contributed by atoms with van der Waals surface area (Å²) >= 11 is 0. The molecule has 154 valence electrons. The molecule has 1 rings (SSSR count). The first-order valence-electron chi connectivity index (χ1n) is 9.22. The van der Waals surface area contributed by atoms with Gasteiger partial charge in [-0.05, 0) is 53.5 Å². The van der Waals surface area contributed by atoms with Crippen molar-refractivity contribution in [1.82, 2.24) is 5.32 Å². The minimum Gasteiger partial charge on any atom is -0.460 e. The number of carbonyl (C=O) groups is 3. The Bertz CT molecular complexity index is 716. The highest BCUT2D eigenvalue weighted by molar-refractivity contribution is 6.06. The summed E-state index contributed by atoms with van der Waals surface area (Å²) in [6.45, 7) is 13.8. The fraction of sp³-hybridized carbons (Fsp3) is 0.500. The zero-order valence-corrected chi connectivity index (χ0v) is 17.6. The summed E-state index contributed by atoms with van der Waals surface area (Å²) in [5.74, 6) is -1.11. The molecular weight excluding hydrogens is 358 g/mol. The molecule has 0 saturated heterocycles. The summed E-state index contributed by atoms with van der Waals surface area (Å²) in [6, 6.07) is 8.27. The van der Waals surface area contributed by atoms with E-state index in [1.54, 1.807) is 27.7 Å². The van der Waals surface area contributed by atoms with E-state index in [0.29, 0.717) is 5.57 Å². The van der Waals surface area contributed by atoms with Crippen LogP contribution in [0.1, 0.15) is 53.5 Å². The highest BCUT2D eigenvalue weighted by Gasteiger charge is 2.42. The summed E-state index contributed by atoms with van der Waals surface area (Å²) in [5.41, 5.74) is -0.623. The number of ether oxygens (including phenoxy) is 2. The Morgan fingerprint density at radius 3 is 2.14 bits per heavy atom. The summed E-state index contributed by atoms with van der Waals surface area (Å²) in [7, 11) is 0. The van der Waals surface area contributed by atoms with Gasteiger partial charge >= 0.3 is 12.1 Å². The van der Waals surface area contributed by atoms with Crippen molar-refractivity contribution in [3.63, 3.8) is 0 Å². The highest BCUT2D eigenvalue weighted by Crippen LogP contribution is 2.24. The van der Waals surface area contributed by atoms with Crippen LogP contribution in [0.25, 0.3) is 0 Å². The second-order valence-corrected chi connectivity index (χ2v) is 8.41. The zero-order chi connectivity index (χ0) is 21.5. The first-order valence-corrected chi connectivity index (χ1v) is 9.22. The average Bonchev–Trinajstić information content (AvgIpc) is 2.57. The van der Waals surface area contributed by atoms with Gasteiger partial charge in [0, 0.05) is 0 Å². The van der Waals surface area contributed by atoms with E-state index in [1.165, 1.54) is 13.8 Å². The van der Waals surface area contributed by atoms with Gasteiger partial charge in [0.1, 0.15) is 17.6 Å². The number of alkyl carbamates (subject to hydrolysis) is 1. The van der Waals surface area contributed by atoms with Gasteiger partial charge in [-0.3, -0.25) is 9.59 Å². The van der Waals surface area contributed by atoms with Gasteiger partial charge in [-0.2, -0.15) is 0 Å². The number of nitrogens with one attached hydrogen (secondary N) is 1. The van der Waals surface area contributed by atoms with Crippen LogP contribution in [0.5, 0.6) is 0 Å². The van der Waals surface area contributed by atoms with Gasteiger partial charge in [0.15, 0.2) is 5.78 Å². The molecule has 1 aromatic carbocycles. The zero-order valence-electron chi connectivity index (χ0n) is 17.6. The van der Waals surface area contributed by atoms with Crippen molar-refractivity contribution in [1.29, 1.82) is 0 Å². The fourth-order valence-electron chi connectivity index (χ4n) is 2.45. The Hall–Kier alpha value is -2.63. The molecule has 0 aromatic heterocycles. The van der Waals surface area contributed by atoms with Crippen LogP contribution < -0.4 is 5.32 Å². The summed E-state index contributed by atoms with van der Waals surface area (Å²) < 4.78 is 10.6. The van der Waals surface area contributed by atoms with Crippen molar-refractivity contribution in [3.8, 4) is 0 Å². The van der Waals surface area contributed by atoms with Gasteiger partial charge in [-0.15, -0.1) is 6.58 Å². The third-order valence-electron chi connectivity index (χ3n) is 3.90. The highest BCUT2D eigenvalue weighted by atomic mass is 16.6. The van der Waals surface area contributed by atoms with Gasteiger partial charge in [-0.25, -0.2) is 4.79 Å². The molecule has 1 N–H and O–H groups in total. The predicted octanol–water partition coefficient (Wildman–Crippen LogP) is 4.18. The van der Waals surface area contributed by atoms with E-state index in [9.17, 15) is 14.4 Å². The maximum absolute atomic E-state index is 13.0. The molecule has 0 fully saturated rings. The molecule has 0 radical (unpaired) electrons. The van der Waals surface area contributed by atoms with Crippen molar-refractivity contribution in [2.24, 2.45) is 5.41 Å². The molecule has 0 heterocycles. The van der Waals surface area contributed by atoms with Crippen molar-refractivity contribution >= 4 is 17.8 Å². The number of carbonyl (C=O) groups excluding carboxylic acids is 3. The second kappa shape index (κ2) is 9.53. The van der Waals surface area contributed by atoms with Crippen molar-refractivity contribution in [2.45, 2.75) is 66.2 Å². The minimum atomic E-state index is -1.44. The maximum Gasteiger partial charge on any atom is 0.408 e. The fourth-order valence-corrected chi connectivity index (χ4v) is 2.45. The van der Waals surface area contributed by atoms with Crippen LogP contribution in [-0.2, 0) is 25.7 Å². The van der Waals surface area contributed by atoms with Crippen LogP contribution in [0, 0.1) is 5.41 Å². The Kier molecular flexibility index (Phi) is 7.97. The van der Waals surface area contributed by atoms with Gasteiger partial charge in [-0.1, -0.05) is 35.9 Å². The Balaban J connectivity index is 2.87. The smallest absolute Gasteiger partial charge is 0.408 e. The van der Waals surface area contributed by atoms with Crippen LogP contribution in [0.2, 0.25) is 0 Å². The molecular formula is C22H31NO5. The molecule has 6 heteroatoms. The number of ketones is 1. The first-order chi connectivity index (χ1) is 12.8. The predicted molar refractivity (Wildman–Crippen MR) is 108 cm³/mol. The quantitative estimate of drug-likeness (QED) is 0.410. The Morgan fingerprint density at radius 2 is 1.64 bits per heavy atom. The van der Waals surface area contributed by atoms with Crippen LogP contribution in [-0.4, -0.2) is 29.5 Å². The topological polar surface area (TPSA) is 81.7 Å². The van der Waals surface area contributed by atoms with E-state index in [4.69, 9.17) is 9.47 Å². The Labute approximate surface area is 167 Å². The molecule has 0 aliphatic carbocycles. The molecule has 1 atom stereocenters. The van der Waals surface area contributed by atoms with Crippen LogP contribution in [0.4, 0.5) is 4.79 Å².